The zero-order valence-electron chi connectivity index (χ0n) is 13.2. The molecule has 0 radical (unpaired) electrons. The van der Waals surface area contributed by atoms with Gasteiger partial charge >= 0.3 is 6.18 Å². The molecule has 2 aromatic carbocycles. The molecule has 0 fully saturated rings. The average Bonchev–Trinajstić information content (AvgIpc) is 2.60. The number of benzene rings is 2. The largest absolute Gasteiger partial charge is 0.486 e. The van der Waals surface area contributed by atoms with Gasteiger partial charge in [-0.25, -0.2) is 0 Å². The van der Waals surface area contributed by atoms with Crippen molar-refractivity contribution in [2.75, 3.05) is 11.4 Å². The normalized spacial score (nSPS) is 17.6. The third kappa shape index (κ3) is 3.94. The van der Waals surface area contributed by atoms with E-state index in [1.807, 2.05) is 6.07 Å². The van der Waals surface area contributed by atoms with Gasteiger partial charge in [-0.1, -0.05) is 42.5 Å². The first kappa shape index (κ1) is 17.3. The lowest BCUT2D eigenvalue weighted by atomic mass is 10.1. The molecular formula is C18H17F3N2O2. The Hall–Kier alpha value is -2.51. The first-order chi connectivity index (χ1) is 12.0. The molecule has 1 aliphatic heterocycles. The lowest BCUT2D eigenvalue weighted by Gasteiger charge is -2.32. The van der Waals surface area contributed by atoms with Crippen LogP contribution >= 0.6 is 0 Å². The van der Waals surface area contributed by atoms with E-state index in [1.165, 1.54) is 23.2 Å². The van der Waals surface area contributed by atoms with Crippen molar-refractivity contribution in [3.8, 4) is 5.75 Å². The molecular weight excluding hydrogens is 333 g/mol. The molecule has 7 heteroatoms. The monoisotopic (exact) mass is 350 g/mol. The predicted octanol–water partition coefficient (Wildman–Crippen LogP) is 3.48. The molecule has 25 heavy (non-hydrogen) atoms. The maximum absolute atomic E-state index is 13.4. The van der Waals surface area contributed by atoms with Crippen LogP contribution in [0.4, 0.5) is 18.9 Å². The Bertz CT molecular complexity index is 748. The van der Waals surface area contributed by atoms with E-state index in [9.17, 15) is 18.3 Å². The van der Waals surface area contributed by atoms with Crippen molar-refractivity contribution in [2.24, 2.45) is 0 Å². The van der Waals surface area contributed by atoms with Crippen LogP contribution in [-0.4, -0.2) is 18.0 Å². The molecule has 1 heterocycles. The van der Waals surface area contributed by atoms with Crippen LogP contribution in [0.25, 0.3) is 0 Å². The first-order valence-electron chi connectivity index (χ1n) is 7.70. The lowest BCUT2D eigenvalue weighted by molar-refractivity contribution is -0.139. The van der Waals surface area contributed by atoms with Crippen LogP contribution in [0.3, 0.4) is 0 Å². The van der Waals surface area contributed by atoms with Crippen LogP contribution in [0.2, 0.25) is 0 Å². The summed E-state index contributed by atoms with van der Waals surface area (Å²) < 4.78 is 45.8. The van der Waals surface area contributed by atoms with Crippen LogP contribution < -0.4 is 15.0 Å². The number of hydrogen-bond acceptors (Lipinski definition) is 4. The van der Waals surface area contributed by atoms with E-state index in [-0.39, 0.29) is 18.0 Å². The first-order valence-corrected chi connectivity index (χ1v) is 7.70. The number of ether oxygens (including phenoxy) is 1. The topological polar surface area (TPSA) is 44.7 Å². The molecule has 0 spiro atoms. The molecule has 2 aromatic rings. The average molecular weight is 350 g/mol. The van der Waals surface area contributed by atoms with Crippen molar-refractivity contribution in [1.29, 1.82) is 0 Å². The molecule has 3 rings (SSSR count). The number of nitrogens with zero attached hydrogens (tertiary/aromatic N) is 1. The van der Waals surface area contributed by atoms with Crippen LogP contribution in [0.5, 0.6) is 5.75 Å². The summed E-state index contributed by atoms with van der Waals surface area (Å²) in [6, 6.07) is 12.7. The van der Waals surface area contributed by atoms with Gasteiger partial charge in [-0.05, 0) is 17.7 Å². The van der Waals surface area contributed by atoms with Gasteiger partial charge in [-0.15, -0.1) is 0 Å². The van der Waals surface area contributed by atoms with Gasteiger partial charge in [0, 0.05) is 12.7 Å². The number of rotatable bonds is 4. The van der Waals surface area contributed by atoms with Gasteiger partial charge < -0.3 is 14.7 Å². The van der Waals surface area contributed by atoms with Crippen LogP contribution in [0, 0.1) is 0 Å². The molecule has 1 unspecified atom stereocenters. The molecule has 132 valence electrons. The maximum Gasteiger partial charge on any atom is 0.420 e. The summed E-state index contributed by atoms with van der Waals surface area (Å²) in [4.78, 5) is 1.30. The van der Waals surface area contributed by atoms with E-state index in [2.05, 4.69) is 5.32 Å². The Balaban J connectivity index is 1.99. The summed E-state index contributed by atoms with van der Waals surface area (Å²) in [7, 11) is 0. The van der Waals surface area contributed by atoms with Crippen LogP contribution in [0.15, 0.2) is 60.8 Å². The van der Waals surface area contributed by atoms with Crippen molar-refractivity contribution in [3.63, 3.8) is 0 Å². The van der Waals surface area contributed by atoms with Gasteiger partial charge in [0.2, 0.25) is 0 Å². The number of para-hydroxylation sites is 1. The summed E-state index contributed by atoms with van der Waals surface area (Å²) >= 11 is 0. The zero-order valence-corrected chi connectivity index (χ0v) is 13.2. The van der Waals surface area contributed by atoms with Crippen LogP contribution in [0.1, 0.15) is 11.1 Å². The van der Waals surface area contributed by atoms with Gasteiger partial charge in [0.05, 0.1) is 11.3 Å². The van der Waals surface area contributed by atoms with E-state index >= 15 is 0 Å². The number of nitrogens with one attached hydrogen (secondary N) is 1. The van der Waals surface area contributed by atoms with E-state index < -0.39 is 18.1 Å². The standard InChI is InChI=1S/C18H17F3N2O2/c19-18(20,21)14-8-4-9-15(23-11-5-10-22-17(23)24)16(14)25-12-13-6-2-1-3-7-13/h1-9,11,17,22,24H,10,12H2. The van der Waals surface area contributed by atoms with Gasteiger partial charge in [-0.2, -0.15) is 13.2 Å². The summed E-state index contributed by atoms with van der Waals surface area (Å²) in [5.41, 5.74) is 0.00657. The highest BCUT2D eigenvalue weighted by Gasteiger charge is 2.36. The highest BCUT2D eigenvalue weighted by molar-refractivity contribution is 5.65. The predicted molar refractivity (Wildman–Crippen MR) is 87.8 cm³/mol. The van der Waals surface area contributed by atoms with Gasteiger partial charge in [-0.3, -0.25) is 5.32 Å². The Morgan fingerprint density at radius 1 is 1.12 bits per heavy atom. The van der Waals surface area contributed by atoms with Gasteiger partial charge in [0.1, 0.15) is 6.61 Å². The quantitative estimate of drug-likeness (QED) is 0.886. The Labute approximate surface area is 143 Å². The SMILES string of the molecule is OC1NCC=CN1c1cccc(C(F)(F)F)c1OCc1ccccc1. The minimum Gasteiger partial charge on any atom is -0.486 e. The number of aliphatic hydroxyl groups excluding tert-OH is 1. The number of aliphatic hydroxyl groups is 1. The second-order valence-corrected chi connectivity index (χ2v) is 5.50. The summed E-state index contributed by atoms with van der Waals surface area (Å²) in [5, 5.41) is 12.8. The molecule has 1 atom stereocenters. The number of anilines is 1. The fourth-order valence-electron chi connectivity index (χ4n) is 2.56. The molecule has 2 N–H and O–H groups in total. The van der Waals surface area contributed by atoms with Crippen molar-refractivity contribution in [2.45, 2.75) is 19.1 Å². The molecule has 0 amide bonds. The molecule has 4 nitrogen and oxygen atoms in total. The molecule has 0 saturated carbocycles. The fourth-order valence-corrected chi connectivity index (χ4v) is 2.56. The molecule has 1 aliphatic rings. The van der Waals surface area contributed by atoms with Crippen molar-refractivity contribution >= 4 is 5.69 Å². The maximum atomic E-state index is 13.4. The minimum absolute atomic E-state index is 0.0119. The van der Waals surface area contributed by atoms with E-state index in [0.717, 1.165) is 11.6 Å². The second-order valence-electron chi connectivity index (χ2n) is 5.50. The smallest absolute Gasteiger partial charge is 0.420 e. The zero-order chi connectivity index (χ0) is 17.9. The number of hydrogen-bond donors (Lipinski definition) is 2. The van der Waals surface area contributed by atoms with E-state index in [4.69, 9.17) is 4.74 Å². The Morgan fingerprint density at radius 3 is 2.56 bits per heavy atom. The Morgan fingerprint density at radius 2 is 1.88 bits per heavy atom. The molecule has 0 bridgehead atoms. The third-order valence-corrected chi connectivity index (χ3v) is 3.75. The van der Waals surface area contributed by atoms with Gasteiger partial charge in [0.25, 0.3) is 0 Å². The van der Waals surface area contributed by atoms with E-state index in [0.29, 0.717) is 6.54 Å². The van der Waals surface area contributed by atoms with Crippen molar-refractivity contribution in [1.82, 2.24) is 5.32 Å². The highest BCUT2D eigenvalue weighted by Crippen LogP contribution is 2.42. The molecule has 0 aliphatic carbocycles. The van der Waals surface area contributed by atoms with E-state index in [1.54, 1.807) is 30.3 Å². The summed E-state index contributed by atoms with van der Waals surface area (Å²) in [6.07, 6.45) is -2.47. The van der Waals surface area contributed by atoms with Gasteiger partial charge in [0.15, 0.2) is 12.1 Å². The lowest BCUT2D eigenvalue weighted by Crippen LogP contribution is -2.46. The van der Waals surface area contributed by atoms with Crippen molar-refractivity contribution in [3.05, 3.63) is 71.9 Å². The fraction of sp³-hybridized carbons (Fsp3) is 0.222. The second kappa shape index (κ2) is 7.16. The minimum atomic E-state index is -4.57. The van der Waals surface area contributed by atoms with Crippen LogP contribution in [-0.2, 0) is 12.8 Å². The summed E-state index contributed by atoms with van der Waals surface area (Å²) in [5.74, 6) is -0.314. The third-order valence-electron chi connectivity index (χ3n) is 3.75. The molecule has 0 aromatic heterocycles. The molecule has 0 saturated heterocycles. The number of halogens is 3. The number of alkyl halides is 3. The highest BCUT2D eigenvalue weighted by atomic mass is 19.4. The van der Waals surface area contributed by atoms with Crippen molar-refractivity contribution < 1.29 is 23.0 Å². The Kier molecular flexibility index (Phi) is 4.96. The summed E-state index contributed by atoms with van der Waals surface area (Å²) in [6.45, 7) is 0.416.